The Labute approximate surface area is 98.8 Å². The molecule has 1 rings (SSSR count). The minimum Gasteiger partial charge on any atom is -0.311 e. The van der Waals surface area contributed by atoms with E-state index < -0.39 is 0 Å². The molecule has 0 aliphatic carbocycles. The second-order valence-corrected chi connectivity index (χ2v) is 4.66. The van der Waals surface area contributed by atoms with Crippen LogP contribution in [0.2, 0.25) is 0 Å². The summed E-state index contributed by atoms with van der Waals surface area (Å²) in [5.74, 6) is 0.549. The maximum Gasteiger partial charge on any atom is 0.0629 e. The van der Waals surface area contributed by atoms with Crippen LogP contribution in [0.1, 0.15) is 33.4 Å². The lowest BCUT2D eigenvalue weighted by Gasteiger charge is -2.14. The van der Waals surface area contributed by atoms with Gasteiger partial charge in [-0.25, -0.2) is 0 Å². The minimum atomic E-state index is 0.519. The Morgan fingerprint density at radius 2 is 2.06 bits per heavy atom. The van der Waals surface area contributed by atoms with Gasteiger partial charge < -0.3 is 5.32 Å². The lowest BCUT2D eigenvalue weighted by atomic mass is 10.0. The van der Waals surface area contributed by atoms with Crippen LogP contribution in [0.3, 0.4) is 0 Å². The van der Waals surface area contributed by atoms with Gasteiger partial charge >= 0.3 is 0 Å². The lowest BCUT2D eigenvalue weighted by Crippen LogP contribution is -2.26. The fourth-order valence-electron chi connectivity index (χ4n) is 1.40. The van der Waals surface area contributed by atoms with Gasteiger partial charge in [0.05, 0.1) is 5.69 Å². The summed E-state index contributed by atoms with van der Waals surface area (Å²) in [4.78, 5) is 4.32. The highest BCUT2D eigenvalue weighted by Crippen LogP contribution is 2.12. The molecule has 0 amide bonds. The fraction of sp³-hybridized carbons (Fsp3) is 0.500. The molecule has 0 fully saturated rings. The van der Waals surface area contributed by atoms with Crippen LogP contribution in [0.5, 0.6) is 0 Å². The smallest absolute Gasteiger partial charge is 0.0629 e. The highest BCUT2D eigenvalue weighted by Gasteiger charge is 2.04. The van der Waals surface area contributed by atoms with Crippen molar-refractivity contribution < 1.29 is 0 Å². The largest absolute Gasteiger partial charge is 0.311 e. The monoisotopic (exact) mass is 218 g/mol. The number of hydrogen-bond donors (Lipinski definition) is 1. The summed E-state index contributed by atoms with van der Waals surface area (Å²) in [6.45, 7) is 9.71. The van der Waals surface area contributed by atoms with Crippen LogP contribution < -0.4 is 5.32 Å². The molecule has 0 radical (unpaired) electrons. The predicted octanol–water partition coefficient (Wildman–Crippen LogP) is 3.12. The maximum absolute atomic E-state index is 4.32. The van der Waals surface area contributed by atoms with Gasteiger partial charge in [0.15, 0.2) is 0 Å². The molecule has 1 aromatic heterocycles. The Morgan fingerprint density at radius 1 is 1.31 bits per heavy atom. The van der Waals surface area contributed by atoms with Gasteiger partial charge in [0.1, 0.15) is 0 Å². The average Bonchev–Trinajstić information content (AvgIpc) is 2.25. The van der Waals surface area contributed by atoms with Crippen LogP contribution >= 0.6 is 0 Å². The van der Waals surface area contributed by atoms with Gasteiger partial charge in [0, 0.05) is 18.8 Å². The standard InChI is InChI=1S/C14H22N2/c1-11(2)13(10-16-12(3)4)9-14-7-5-6-8-15-14/h5-9,11-12,16H,10H2,1-4H3. The lowest BCUT2D eigenvalue weighted by molar-refractivity contribution is 0.593. The van der Waals surface area contributed by atoms with E-state index in [1.54, 1.807) is 0 Å². The van der Waals surface area contributed by atoms with Crippen molar-refractivity contribution in [1.82, 2.24) is 10.3 Å². The van der Waals surface area contributed by atoms with Crippen molar-refractivity contribution in [3.05, 3.63) is 35.7 Å². The molecule has 16 heavy (non-hydrogen) atoms. The molecule has 0 aliphatic heterocycles. The zero-order valence-electron chi connectivity index (χ0n) is 10.7. The summed E-state index contributed by atoms with van der Waals surface area (Å²) in [5.41, 5.74) is 2.43. The van der Waals surface area contributed by atoms with Crippen molar-refractivity contribution >= 4 is 6.08 Å². The molecule has 0 bridgehead atoms. The van der Waals surface area contributed by atoms with Crippen molar-refractivity contribution in [2.45, 2.75) is 33.7 Å². The summed E-state index contributed by atoms with van der Waals surface area (Å²) >= 11 is 0. The molecule has 2 heteroatoms. The van der Waals surface area contributed by atoms with Crippen LogP contribution in [0.15, 0.2) is 30.0 Å². The number of nitrogens with zero attached hydrogens (tertiary/aromatic N) is 1. The van der Waals surface area contributed by atoms with E-state index in [2.05, 4.69) is 44.1 Å². The van der Waals surface area contributed by atoms with Gasteiger partial charge in [-0.15, -0.1) is 0 Å². The molecular weight excluding hydrogens is 196 g/mol. The van der Waals surface area contributed by atoms with E-state index in [-0.39, 0.29) is 0 Å². The molecule has 0 atom stereocenters. The molecule has 0 aliphatic rings. The minimum absolute atomic E-state index is 0.519. The van der Waals surface area contributed by atoms with Gasteiger partial charge in [0.25, 0.3) is 0 Å². The second-order valence-electron chi connectivity index (χ2n) is 4.66. The highest BCUT2D eigenvalue weighted by molar-refractivity contribution is 5.49. The summed E-state index contributed by atoms with van der Waals surface area (Å²) in [6, 6.07) is 6.52. The fourth-order valence-corrected chi connectivity index (χ4v) is 1.40. The Bertz CT molecular complexity index is 326. The van der Waals surface area contributed by atoms with E-state index in [4.69, 9.17) is 0 Å². The van der Waals surface area contributed by atoms with Crippen molar-refractivity contribution in [2.75, 3.05) is 6.54 Å². The Hall–Kier alpha value is -1.15. The molecule has 0 aromatic carbocycles. The first kappa shape index (κ1) is 12.9. The summed E-state index contributed by atoms with van der Waals surface area (Å²) in [5, 5.41) is 3.45. The zero-order valence-corrected chi connectivity index (χ0v) is 10.7. The molecule has 0 spiro atoms. The second kappa shape index (κ2) is 6.44. The molecule has 0 unspecified atom stereocenters. The first-order valence-corrected chi connectivity index (χ1v) is 5.94. The van der Waals surface area contributed by atoms with Crippen molar-refractivity contribution in [3.8, 4) is 0 Å². The summed E-state index contributed by atoms with van der Waals surface area (Å²) in [7, 11) is 0. The van der Waals surface area contributed by atoms with Crippen molar-refractivity contribution in [2.24, 2.45) is 5.92 Å². The van der Waals surface area contributed by atoms with Crippen LogP contribution in [0, 0.1) is 5.92 Å². The molecular formula is C14H22N2. The Morgan fingerprint density at radius 3 is 2.56 bits per heavy atom. The SMILES string of the molecule is CC(C)NCC(=Cc1ccccn1)C(C)C. The first-order chi connectivity index (χ1) is 7.59. The maximum atomic E-state index is 4.32. The molecule has 0 saturated carbocycles. The molecule has 1 N–H and O–H groups in total. The van der Waals surface area contributed by atoms with Crippen LogP contribution in [0.4, 0.5) is 0 Å². The normalized spacial score (nSPS) is 12.5. The number of nitrogens with one attached hydrogen (secondary N) is 1. The van der Waals surface area contributed by atoms with Gasteiger partial charge in [-0.3, -0.25) is 4.98 Å². The summed E-state index contributed by atoms with van der Waals surface area (Å²) in [6.07, 6.45) is 4.01. The zero-order chi connectivity index (χ0) is 12.0. The van der Waals surface area contributed by atoms with E-state index in [1.165, 1.54) is 5.57 Å². The van der Waals surface area contributed by atoms with E-state index in [0.29, 0.717) is 12.0 Å². The van der Waals surface area contributed by atoms with Gasteiger partial charge in [0.2, 0.25) is 0 Å². The average molecular weight is 218 g/mol. The Balaban J connectivity index is 2.73. The third kappa shape index (κ3) is 4.58. The number of pyridine rings is 1. The van der Waals surface area contributed by atoms with E-state index in [1.807, 2.05) is 24.4 Å². The molecule has 88 valence electrons. The van der Waals surface area contributed by atoms with Gasteiger partial charge in [-0.2, -0.15) is 0 Å². The number of rotatable bonds is 5. The molecule has 1 aromatic rings. The van der Waals surface area contributed by atoms with Gasteiger partial charge in [-0.1, -0.05) is 39.3 Å². The summed E-state index contributed by atoms with van der Waals surface area (Å²) < 4.78 is 0. The first-order valence-electron chi connectivity index (χ1n) is 5.94. The molecule has 2 nitrogen and oxygen atoms in total. The number of hydrogen-bond acceptors (Lipinski definition) is 2. The molecule has 0 saturated heterocycles. The molecule has 1 heterocycles. The van der Waals surface area contributed by atoms with E-state index in [0.717, 1.165) is 12.2 Å². The van der Waals surface area contributed by atoms with Crippen LogP contribution in [-0.4, -0.2) is 17.6 Å². The van der Waals surface area contributed by atoms with Crippen molar-refractivity contribution in [3.63, 3.8) is 0 Å². The Kier molecular flexibility index (Phi) is 5.20. The van der Waals surface area contributed by atoms with E-state index in [9.17, 15) is 0 Å². The third-order valence-corrected chi connectivity index (χ3v) is 2.48. The predicted molar refractivity (Wildman–Crippen MR) is 70.2 cm³/mol. The van der Waals surface area contributed by atoms with Crippen LogP contribution in [0.25, 0.3) is 6.08 Å². The quantitative estimate of drug-likeness (QED) is 0.821. The topological polar surface area (TPSA) is 24.9 Å². The van der Waals surface area contributed by atoms with Crippen LogP contribution in [-0.2, 0) is 0 Å². The van der Waals surface area contributed by atoms with Gasteiger partial charge in [-0.05, 0) is 24.1 Å². The number of aromatic nitrogens is 1. The highest BCUT2D eigenvalue weighted by atomic mass is 14.9. The van der Waals surface area contributed by atoms with Crippen molar-refractivity contribution in [1.29, 1.82) is 0 Å². The van der Waals surface area contributed by atoms with E-state index >= 15 is 0 Å². The third-order valence-electron chi connectivity index (χ3n) is 2.48.